The molecule has 0 bridgehead atoms. The Balaban J connectivity index is 2.25. The van der Waals surface area contributed by atoms with Crippen LogP contribution >= 0.6 is 11.3 Å². The van der Waals surface area contributed by atoms with Crippen LogP contribution in [-0.4, -0.2) is 9.78 Å². The van der Waals surface area contributed by atoms with Crippen molar-refractivity contribution in [3.05, 3.63) is 47.8 Å². The number of nitrogens with two attached hydrogens (primary N) is 1. The predicted octanol–water partition coefficient (Wildman–Crippen LogP) is 3.40. The first-order chi connectivity index (χ1) is 8.77. The third kappa shape index (κ3) is 1.71. The highest BCUT2D eigenvalue weighted by molar-refractivity contribution is 7.13. The molecule has 3 nitrogen and oxygen atoms in total. The number of aromatic nitrogens is 2. The minimum absolute atomic E-state index is 0.705. The molecule has 0 saturated heterocycles. The number of hydrogen-bond acceptors (Lipinski definition) is 3. The lowest BCUT2D eigenvalue weighted by Gasteiger charge is -2.01. The number of thiophene rings is 1. The first-order valence-corrected chi connectivity index (χ1v) is 6.57. The molecule has 0 radical (unpaired) electrons. The Labute approximate surface area is 109 Å². The van der Waals surface area contributed by atoms with E-state index >= 15 is 0 Å². The summed E-state index contributed by atoms with van der Waals surface area (Å²) in [7, 11) is 1.87. The lowest BCUT2D eigenvalue weighted by atomic mass is 10.1. The second-order valence-electron chi connectivity index (χ2n) is 4.08. The van der Waals surface area contributed by atoms with E-state index in [1.165, 1.54) is 0 Å². The minimum atomic E-state index is 0.705. The largest absolute Gasteiger partial charge is 0.383 e. The Bertz CT molecular complexity index is 654. The Morgan fingerprint density at radius 2 is 1.89 bits per heavy atom. The Hall–Kier alpha value is -2.07. The van der Waals surface area contributed by atoms with Crippen LogP contribution in [0.2, 0.25) is 0 Å². The van der Waals surface area contributed by atoms with Gasteiger partial charge in [0.25, 0.3) is 0 Å². The van der Waals surface area contributed by atoms with Crippen LogP contribution in [-0.2, 0) is 7.05 Å². The Morgan fingerprint density at radius 3 is 2.56 bits per heavy atom. The van der Waals surface area contributed by atoms with Gasteiger partial charge in [-0.2, -0.15) is 5.10 Å². The Kier molecular flexibility index (Phi) is 2.64. The molecule has 0 spiro atoms. The molecule has 3 aromatic rings. The van der Waals surface area contributed by atoms with Gasteiger partial charge in [0.2, 0.25) is 0 Å². The van der Waals surface area contributed by atoms with Crippen LogP contribution in [0.15, 0.2) is 47.8 Å². The van der Waals surface area contributed by atoms with Crippen LogP contribution in [0, 0.1) is 0 Å². The fourth-order valence-corrected chi connectivity index (χ4v) is 2.78. The van der Waals surface area contributed by atoms with Gasteiger partial charge in [0.1, 0.15) is 11.5 Å². The normalized spacial score (nSPS) is 10.7. The van der Waals surface area contributed by atoms with Crippen molar-refractivity contribution in [2.75, 3.05) is 5.73 Å². The third-order valence-electron chi connectivity index (χ3n) is 2.91. The molecule has 18 heavy (non-hydrogen) atoms. The Morgan fingerprint density at radius 1 is 1.11 bits per heavy atom. The first-order valence-electron chi connectivity index (χ1n) is 5.69. The van der Waals surface area contributed by atoms with E-state index in [9.17, 15) is 0 Å². The van der Waals surface area contributed by atoms with Crippen LogP contribution in [0.1, 0.15) is 0 Å². The number of benzene rings is 1. The number of rotatable bonds is 2. The lowest BCUT2D eigenvalue weighted by molar-refractivity contribution is 0.782. The predicted molar refractivity (Wildman–Crippen MR) is 76.4 cm³/mol. The number of nitrogen functional groups attached to an aromatic ring is 1. The van der Waals surface area contributed by atoms with Crippen LogP contribution in [0.5, 0.6) is 0 Å². The fraction of sp³-hybridized carbons (Fsp3) is 0.0714. The summed E-state index contributed by atoms with van der Waals surface area (Å²) in [6.07, 6.45) is 0. The van der Waals surface area contributed by atoms with Gasteiger partial charge in [-0.25, -0.2) is 0 Å². The van der Waals surface area contributed by atoms with Gasteiger partial charge < -0.3 is 5.73 Å². The molecule has 2 heterocycles. The molecule has 2 N–H and O–H groups in total. The van der Waals surface area contributed by atoms with Crippen LogP contribution in [0.4, 0.5) is 5.82 Å². The molecule has 0 amide bonds. The van der Waals surface area contributed by atoms with Gasteiger partial charge in [0, 0.05) is 17.5 Å². The van der Waals surface area contributed by atoms with Crippen molar-refractivity contribution in [3.8, 4) is 21.7 Å². The molecular formula is C14H13N3S. The lowest BCUT2D eigenvalue weighted by Crippen LogP contribution is -1.97. The van der Waals surface area contributed by atoms with Crippen LogP contribution in [0.25, 0.3) is 21.7 Å². The van der Waals surface area contributed by atoms with Crippen molar-refractivity contribution in [1.82, 2.24) is 9.78 Å². The zero-order valence-corrected chi connectivity index (χ0v) is 10.8. The van der Waals surface area contributed by atoms with Gasteiger partial charge >= 0.3 is 0 Å². The number of aryl methyl sites for hydroxylation is 1. The number of anilines is 1. The minimum Gasteiger partial charge on any atom is -0.383 e. The molecule has 0 unspecified atom stereocenters. The zero-order valence-electron chi connectivity index (χ0n) is 10.00. The molecule has 0 aliphatic heterocycles. The first kappa shape index (κ1) is 11.0. The molecule has 0 saturated carbocycles. The maximum absolute atomic E-state index is 6.14. The van der Waals surface area contributed by atoms with E-state index < -0.39 is 0 Å². The molecule has 90 valence electrons. The molecular weight excluding hydrogens is 242 g/mol. The van der Waals surface area contributed by atoms with Crippen molar-refractivity contribution in [3.63, 3.8) is 0 Å². The van der Waals surface area contributed by atoms with Gasteiger partial charge in [-0.3, -0.25) is 4.68 Å². The summed E-state index contributed by atoms with van der Waals surface area (Å²) in [6, 6.07) is 14.2. The van der Waals surface area contributed by atoms with Crippen molar-refractivity contribution >= 4 is 17.2 Å². The summed E-state index contributed by atoms with van der Waals surface area (Å²) >= 11 is 1.68. The zero-order chi connectivity index (χ0) is 12.5. The highest BCUT2D eigenvalue weighted by Crippen LogP contribution is 2.37. The van der Waals surface area contributed by atoms with Gasteiger partial charge in [0.05, 0.1) is 5.56 Å². The highest BCUT2D eigenvalue weighted by Gasteiger charge is 2.17. The van der Waals surface area contributed by atoms with Crippen molar-refractivity contribution in [1.29, 1.82) is 0 Å². The smallest absolute Gasteiger partial charge is 0.130 e. The summed E-state index contributed by atoms with van der Waals surface area (Å²) in [6.45, 7) is 0. The van der Waals surface area contributed by atoms with E-state index in [0.717, 1.165) is 21.7 Å². The SMILES string of the molecule is Cn1nc(-c2ccccc2)c(-c2cccs2)c1N. The number of nitrogens with zero attached hydrogens (tertiary/aromatic N) is 2. The van der Waals surface area contributed by atoms with E-state index in [2.05, 4.69) is 28.7 Å². The maximum Gasteiger partial charge on any atom is 0.130 e. The maximum atomic E-state index is 6.14. The van der Waals surface area contributed by atoms with Crippen molar-refractivity contribution < 1.29 is 0 Å². The highest BCUT2D eigenvalue weighted by atomic mass is 32.1. The van der Waals surface area contributed by atoms with E-state index in [1.54, 1.807) is 16.0 Å². The molecule has 0 atom stereocenters. The summed E-state index contributed by atoms with van der Waals surface area (Å²) < 4.78 is 1.73. The van der Waals surface area contributed by atoms with Gasteiger partial charge in [-0.1, -0.05) is 36.4 Å². The fourth-order valence-electron chi connectivity index (χ4n) is 2.00. The van der Waals surface area contributed by atoms with Crippen LogP contribution < -0.4 is 5.73 Å². The standard InChI is InChI=1S/C14H13N3S/c1-17-14(15)12(11-8-5-9-18-11)13(16-17)10-6-3-2-4-7-10/h2-9H,15H2,1H3. The summed E-state index contributed by atoms with van der Waals surface area (Å²) in [4.78, 5) is 1.15. The molecule has 2 aromatic heterocycles. The van der Waals surface area contributed by atoms with E-state index in [0.29, 0.717) is 5.82 Å². The second kappa shape index (κ2) is 4.31. The quantitative estimate of drug-likeness (QED) is 0.762. The van der Waals surface area contributed by atoms with Crippen molar-refractivity contribution in [2.24, 2.45) is 7.05 Å². The summed E-state index contributed by atoms with van der Waals surface area (Å²) in [5.74, 6) is 0.705. The summed E-state index contributed by atoms with van der Waals surface area (Å²) in [5.41, 5.74) is 9.20. The van der Waals surface area contributed by atoms with Crippen molar-refractivity contribution in [2.45, 2.75) is 0 Å². The molecule has 0 aliphatic rings. The third-order valence-corrected chi connectivity index (χ3v) is 3.79. The van der Waals surface area contributed by atoms with Gasteiger partial charge in [0.15, 0.2) is 0 Å². The average Bonchev–Trinajstić information content (AvgIpc) is 3.00. The van der Waals surface area contributed by atoms with E-state index in [1.807, 2.05) is 31.3 Å². The van der Waals surface area contributed by atoms with Gasteiger partial charge in [-0.05, 0) is 11.4 Å². The molecule has 1 aromatic carbocycles. The molecule has 0 fully saturated rings. The second-order valence-corrected chi connectivity index (χ2v) is 5.02. The number of hydrogen-bond donors (Lipinski definition) is 1. The molecule has 4 heteroatoms. The van der Waals surface area contributed by atoms with Gasteiger partial charge in [-0.15, -0.1) is 11.3 Å². The van der Waals surface area contributed by atoms with E-state index in [-0.39, 0.29) is 0 Å². The van der Waals surface area contributed by atoms with E-state index in [4.69, 9.17) is 5.73 Å². The van der Waals surface area contributed by atoms with Crippen LogP contribution in [0.3, 0.4) is 0 Å². The average molecular weight is 255 g/mol. The molecule has 0 aliphatic carbocycles. The monoisotopic (exact) mass is 255 g/mol. The topological polar surface area (TPSA) is 43.8 Å². The summed E-state index contributed by atoms with van der Waals surface area (Å²) in [5, 5.41) is 6.59. The molecule has 3 rings (SSSR count).